The molecule has 0 aliphatic rings. The summed E-state index contributed by atoms with van der Waals surface area (Å²) in [4.78, 5) is 48.2. The van der Waals surface area contributed by atoms with E-state index in [1.54, 1.807) is 24.3 Å². The summed E-state index contributed by atoms with van der Waals surface area (Å²) >= 11 is 5.85. The van der Waals surface area contributed by atoms with Gasteiger partial charge in [0.1, 0.15) is 11.4 Å². The highest BCUT2D eigenvalue weighted by atomic mass is 35.5. The van der Waals surface area contributed by atoms with Crippen LogP contribution in [0.1, 0.15) is 26.3 Å². The van der Waals surface area contributed by atoms with Crippen LogP contribution in [-0.4, -0.2) is 36.3 Å². The molecule has 0 aromatic heterocycles. The number of ether oxygens (including phenoxy) is 2. The highest BCUT2D eigenvalue weighted by molar-refractivity contribution is 6.30. The van der Waals surface area contributed by atoms with E-state index in [1.807, 2.05) is 0 Å². The van der Waals surface area contributed by atoms with E-state index in [1.165, 1.54) is 43.5 Å². The number of nitrogens with zero attached hydrogens (tertiary/aromatic N) is 1. The fraction of sp³-hybridized carbons (Fsp3) is 0.0870. The molecule has 3 aromatic carbocycles. The van der Waals surface area contributed by atoms with Crippen molar-refractivity contribution in [1.29, 1.82) is 0 Å². The zero-order chi connectivity index (χ0) is 24.0. The first-order valence-electron chi connectivity index (χ1n) is 9.49. The number of nitrogens with one attached hydrogen (secondary N) is 1. The molecule has 33 heavy (non-hydrogen) atoms. The molecular formula is C23H17ClN2O7. The maximum Gasteiger partial charge on any atom is 0.339 e. The normalized spacial score (nSPS) is 10.2. The average molecular weight is 469 g/mol. The number of nitro benzene ring substituents is 1. The molecule has 0 fully saturated rings. The Kier molecular flexibility index (Phi) is 7.37. The van der Waals surface area contributed by atoms with Gasteiger partial charge in [-0.1, -0.05) is 29.8 Å². The van der Waals surface area contributed by atoms with E-state index in [9.17, 15) is 24.5 Å². The molecule has 10 heteroatoms. The molecule has 168 valence electrons. The van der Waals surface area contributed by atoms with Gasteiger partial charge in [-0.15, -0.1) is 0 Å². The van der Waals surface area contributed by atoms with Crippen molar-refractivity contribution in [2.45, 2.75) is 0 Å². The predicted molar refractivity (Wildman–Crippen MR) is 120 cm³/mol. The largest absolute Gasteiger partial charge is 0.496 e. The van der Waals surface area contributed by atoms with Crippen LogP contribution in [0, 0.1) is 10.1 Å². The second-order valence-electron chi connectivity index (χ2n) is 6.65. The van der Waals surface area contributed by atoms with E-state index in [-0.39, 0.29) is 28.3 Å². The minimum atomic E-state index is -0.896. The fourth-order valence-electron chi connectivity index (χ4n) is 2.91. The minimum Gasteiger partial charge on any atom is -0.496 e. The van der Waals surface area contributed by atoms with Crippen LogP contribution in [0.25, 0.3) is 0 Å². The number of halogens is 1. The van der Waals surface area contributed by atoms with Gasteiger partial charge in [0.15, 0.2) is 12.4 Å². The molecule has 3 aromatic rings. The molecule has 0 aliphatic carbocycles. The Bertz CT molecular complexity index is 1230. The Balaban J connectivity index is 1.71. The number of hydrogen-bond acceptors (Lipinski definition) is 7. The molecule has 0 radical (unpaired) electrons. The second kappa shape index (κ2) is 10.4. The van der Waals surface area contributed by atoms with Crippen molar-refractivity contribution in [3.05, 3.63) is 98.6 Å². The summed E-state index contributed by atoms with van der Waals surface area (Å²) in [7, 11) is 1.35. The molecule has 1 N–H and O–H groups in total. The second-order valence-corrected chi connectivity index (χ2v) is 7.08. The summed E-state index contributed by atoms with van der Waals surface area (Å²) in [5.41, 5.74) is -0.0750. The summed E-state index contributed by atoms with van der Waals surface area (Å²) in [5.74, 6) is -1.86. The maximum atomic E-state index is 12.8. The number of rotatable bonds is 8. The van der Waals surface area contributed by atoms with Crippen molar-refractivity contribution >= 4 is 40.6 Å². The number of anilines is 1. The first-order chi connectivity index (χ1) is 15.8. The summed E-state index contributed by atoms with van der Waals surface area (Å²) in [6.07, 6.45) is 0. The van der Waals surface area contributed by atoms with Gasteiger partial charge >= 0.3 is 5.97 Å². The Morgan fingerprint density at radius 1 is 1.00 bits per heavy atom. The molecule has 0 atom stereocenters. The smallest absolute Gasteiger partial charge is 0.339 e. The van der Waals surface area contributed by atoms with Gasteiger partial charge in [0.2, 0.25) is 0 Å². The predicted octanol–water partition coefficient (Wildman–Crippen LogP) is 4.28. The number of hydrogen-bond donors (Lipinski definition) is 1. The Hall–Kier alpha value is -4.24. The lowest BCUT2D eigenvalue weighted by Gasteiger charge is -2.10. The lowest BCUT2D eigenvalue weighted by molar-refractivity contribution is -0.384. The summed E-state index contributed by atoms with van der Waals surface area (Å²) in [6.45, 7) is -0.717. The standard InChI is InChI=1S/C23H17ClN2O7/c1-32-16-10-11-19(20(12-16)26(30)31)25-21(27)13-33-23(29)18-5-3-2-4-17(18)22(28)14-6-8-15(24)9-7-14/h2-12H,13H2,1H3,(H,25,27). The maximum absolute atomic E-state index is 12.8. The number of methoxy groups -OCH3 is 1. The van der Waals surface area contributed by atoms with Crippen LogP contribution in [0.4, 0.5) is 11.4 Å². The monoisotopic (exact) mass is 468 g/mol. The van der Waals surface area contributed by atoms with Crippen molar-refractivity contribution in [2.75, 3.05) is 19.0 Å². The minimum absolute atomic E-state index is 0.0271. The third-order valence-electron chi connectivity index (χ3n) is 4.51. The summed E-state index contributed by atoms with van der Waals surface area (Å²) < 4.78 is 9.97. The molecule has 9 nitrogen and oxygen atoms in total. The number of benzene rings is 3. The van der Waals surface area contributed by atoms with Crippen molar-refractivity contribution in [3.63, 3.8) is 0 Å². The van der Waals surface area contributed by atoms with Crippen molar-refractivity contribution < 1.29 is 28.8 Å². The van der Waals surface area contributed by atoms with Crippen LogP contribution in [0.2, 0.25) is 5.02 Å². The van der Waals surface area contributed by atoms with Gasteiger partial charge in [-0.25, -0.2) is 4.79 Å². The van der Waals surface area contributed by atoms with E-state index in [4.69, 9.17) is 21.1 Å². The van der Waals surface area contributed by atoms with Gasteiger partial charge in [0, 0.05) is 16.1 Å². The topological polar surface area (TPSA) is 125 Å². The number of esters is 1. The van der Waals surface area contributed by atoms with Gasteiger partial charge in [0.25, 0.3) is 11.6 Å². The third kappa shape index (κ3) is 5.72. The molecule has 0 saturated carbocycles. The van der Waals surface area contributed by atoms with E-state index in [0.29, 0.717) is 10.6 Å². The number of carbonyl (C=O) groups is 3. The number of ketones is 1. The van der Waals surface area contributed by atoms with Crippen molar-refractivity contribution in [1.82, 2.24) is 0 Å². The van der Waals surface area contributed by atoms with Gasteiger partial charge in [-0.2, -0.15) is 0 Å². The summed E-state index contributed by atoms with van der Waals surface area (Å²) in [6, 6.07) is 16.1. The van der Waals surface area contributed by atoms with Gasteiger partial charge in [-0.05, 0) is 42.5 Å². The van der Waals surface area contributed by atoms with Crippen LogP contribution in [0.5, 0.6) is 5.75 Å². The number of amides is 1. The van der Waals surface area contributed by atoms with E-state index in [2.05, 4.69) is 5.32 Å². The zero-order valence-electron chi connectivity index (χ0n) is 17.2. The number of nitro groups is 1. The van der Waals surface area contributed by atoms with Crippen LogP contribution in [0.3, 0.4) is 0 Å². The lowest BCUT2D eigenvalue weighted by Crippen LogP contribution is -2.22. The lowest BCUT2D eigenvalue weighted by atomic mass is 9.98. The van der Waals surface area contributed by atoms with E-state index >= 15 is 0 Å². The Labute approximate surface area is 193 Å². The fourth-order valence-corrected chi connectivity index (χ4v) is 3.03. The molecular weight excluding hydrogens is 452 g/mol. The highest BCUT2D eigenvalue weighted by Crippen LogP contribution is 2.29. The van der Waals surface area contributed by atoms with E-state index < -0.39 is 29.2 Å². The Morgan fingerprint density at radius 3 is 2.30 bits per heavy atom. The summed E-state index contributed by atoms with van der Waals surface area (Å²) in [5, 5.41) is 14.0. The molecule has 0 spiro atoms. The van der Waals surface area contributed by atoms with Gasteiger partial charge < -0.3 is 14.8 Å². The van der Waals surface area contributed by atoms with Gasteiger partial charge in [-0.3, -0.25) is 19.7 Å². The molecule has 0 unspecified atom stereocenters. The van der Waals surface area contributed by atoms with Crippen LogP contribution in [-0.2, 0) is 9.53 Å². The number of carbonyl (C=O) groups excluding carboxylic acids is 3. The molecule has 1 amide bonds. The van der Waals surface area contributed by atoms with Crippen molar-refractivity contribution in [3.8, 4) is 5.75 Å². The van der Waals surface area contributed by atoms with E-state index in [0.717, 1.165) is 6.07 Å². The molecule has 0 saturated heterocycles. The van der Waals surface area contributed by atoms with Crippen molar-refractivity contribution in [2.24, 2.45) is 0 Å². The van der Waals surface area contributed by atoms with Crippen LogP contribution in [0.15, 0.2) is 66.7 Å². The SMILES string of the molecule is COc1ccc(NC(=O)COC(=O)c2ccccc2C(=O)c2ccc(Cl)cc2)c([N+](=O)[O-])c1. The molecule has 0 aliphatic heterocycles. The molecule has 3 rings (SSSR count). The highest BCUT2D eigenvalue weighted by Gasteiger charge is 2.21. The van der Waals surface area contributed by atoms with Gasteiger partial charge in [0.05, 0.1) is 23.7 Å². The first kappa shape index (κ1) is 23.4. The first-order valence-corrected chi connectivity index (χ1v) is 9.86. The quantitative estimate of drug-likeness (QED) is 0.226. The van der Waals surface area contributed by atoms with Crippen LogP contribution >= 0.6 is 11.6 Å². The third-order valence-corrected chi connectivity index (χ3v) is 4.76. The Morgan fingerprint density at radius 2 is 1.67 bits per heavy atom. The zero-order valence-corrected chi connectivity index (χ0v) is 18.0. The average Bonchev–Trinajstić information content (AvgIpc) is 2.82. The van der Waals surface area contributed by atoms with Crippen LogP contribution < -0.4 is 10.1 Å². The molecule has 0 bridgehead atoms. The molecule has 0 heterocycles.